The van der Waals surface area contributed by atoms with E-state index in [1.165, 1.54) is 50.9 Å². The molecule has 1 heterocycles. The highest BCUT2D eigenvalue weighted by molar-refractivity contribution is 5.14. The van der Waals surface area contributed by atoms with E-state index in [0.29, 0.717) is 6.04 Å². The zero-order valence-corrected chi connectivity index (χ0v) is 13.1. The van der Waals surface area contributed by atoms with E-state index in [1.54, 1.807) is 0 Å². The monoisotopic (exact) mass is 274 g/mol. The summed E-state index contributed by atoms with van der Waals surface area (Å²) < 4.78 is 0. The third-order valence-electron chi connectivity index (χ3n) is 4.48. The minimum absolute atomic E-state index is 0.628. The van der Waals surface area contributed by atoms with Crippen molar-refractivity contribution in [1.29, 1.82) is 0 Å². The number of benzene rings is 1. The highest BCUT2D eigenvalue weighted by Crippen LogP contribution is 2.19. The molecule has 0 aromatic heterocycles. The summed E-state index contributed by atoms with van der Waals surface area (Å²) in [6, 6.07) is 11.5. The molecule has 1 aromatic rings. The average molecular weight is 274 g/mol. The fourth-order valence-corrected chi connectivity index (χ4v) is 3.09. The Balaban J connectivity index is 1.74. The van der Waals surface area contributed by atoms with Gasteiger partial charge in [0.2, 0.25) is 0 Å². The van der Waals surface area contributed by atoms with Crippen LogP contribution in [0.1, 0.15) is 45.1 Å². The highest BCUT2D eigenvalue weighted by Gasteiger charge is 2.14. The second kappa shape index (κ2) is 8.43. The molecule has 2 rings (SSSR count). The number of rotatable bonds is 7. The van der Waals surface area contributed by atoms with Gasteiger partial charge in [0.05, 0.1) is 0 Å². The van der Waals surface area contributed by atoms with Gasteiger partial charge >= 0.3 is 0 Å². The van der Waals surface area contributed by atoms with Crippen molar-refractivity contribution < 1.29 is 0 Å². The topological polar surface area (TPSA) is 15.3 Å². The van der Waals surface area contributed by atoms with Gasteiger partial charge in [-0.3, -0.25) is 4.90 Å². The van der Waals surface area contributed by atoms with Crippen LogP contribution in [0.4, 0.5) is 0 Å². The minimum Gasteiger partial charge on any atom is -0.317 e. The first kappa shape index (κ1) is 15.5. The lowest BCUT2D eigenvalue weighted by molar-refractivity contribution is 0.200. The lowest BCUT2D eigenvalue weighted by Crippen LogP contribution is -2.32. The first-order valence-electron chi connectivity index (χ1n) is 8.24. The molecule has 0 amide bonds. The summed E-state index contributed by atoms with van der Waals surface area (Å²) in [7, 11) is 0. The van der Waals surface area contributed by atoms with E-state index in [0.717, 1.165) is 12.5 Å². The second-order valence-electron chi connectivity index (χ2n) is 6.39. The summed E-state index contributed by atoms with van der Waals surface area (Å²) in [6.45, 7) is 9.40. The summed E-state index contributed by atoms with van der Waals surface area (Å²) in [5, 5.41) is 3.45. The molecule has 112 valence electrons. The van der Waals surface area contributed by atoms with Crippen molar-refractivity contribution >= 4 is 0 Å². The van der Waals surface area contributed by atoms with Gasteiger partial charge in [-0.25, -0.2) is 0 Å². The van der Waals surface area contributed by atoms with Crippen LogP contribution in [0.3, 0.4) is 0 Å². The maximum Gasteiger partial charge on any atom is 0.0236 e. The maximum atomic E-state index is 3.45. The van der Waals surface area contributed by atoms with E-state index in [1.807, 2.05) is 0 Å². The normalized spacial score (nSPS) is 17.0. The predicted molar refractivity (Wildman–Crippen MR) is 86.8 cm³/mol. The van der Waals surface area contributed by atoms with Crippen molar-refractivity contribution in [1.82, 2.24) is 10.2 Å². The van der Waals surface area contributed by atoms with Crippen LogP contribution in [0.2, 0.25) is 0 Å². The SMILES string of the molecule is CC(C)N(CCCC1CCNCC1)Cc1ccccc1. The van der Waals surface area contributed by atoms with E-state index in [4.69, 9.17) is 0 Å². The van der Waals surface area contributed by atoms with Gasteiger partial charge in [-0.2, -0.15) is 0 Å². The molecule has 0 bridgehead atoms. The first-order valence-corrected chi connectivity index (χ1v) is 8.24. The molecule has 1 aliphatic rings. The number of piperidine rings is 1. The molecule has 1 saturated heterocycles. The van der Waals surface area contributed by atoms with Gasteiger partial charge in [-0.1, -0.05) is 30.3 Å². The molecule has 1 aliphatic heterocycles. The van der Waals surface area contributed by atoms with E-state index in [9.17, 15) is 0 Å². The Labute approximate surface area is 124 Å². The van der Waals surface area contributed by atoms with Gasteiger partial charge in [0.1, 0.15) is 0 Å². The van der Waals surface area contributed by atoms with Crippen molar-refractivity contribution in [2.24, 2.45) is 5.92 Å². The zero-order chi connectivity index (χ0) is 14.2. The van der Waals surface area contributed by atoms with Crippen molar-refractivity contribution in [3.05, 3.63) is 35.9 Å². The quantitative estimate of drug-likeness (QED) is 0.816. The Morgan fingerprint density at radius 3 is 2.50 bits per heavy atom. The predicted octanol–water partition coefficient (Wildman–Crippen LogP) is 3.68. The van der Waals surface area contributed by atoms with Crippen molar-refractivity contribution in [2.75, 3.05) is 19.6 Å². The second-order valence-corrected chi connectivity index (χ2v) is 6.39. The van der Waals surface area contributed by atoms with Gasteiger partial charge in [-0.15, -0.1) is 0 Å². The molecule has 0 saturated carbocycles. The van der Waals surface area contributed by atoms with Crippen LogP contribution in [0, 0.1) is 5.92 Å². The Bertz CT molecular complexity index is 355. The van der Waals surface area contributed by atoms with E-state index < -0.39 is 0 Å². The summed E-state index contributed by atoms with van der Waals surface area (Å²) in [4.78, 5) is 2.61. The van der Waals surface area contributed by atoms with Crippen LogP contribution >= 0.6 is 0 Å². The fraction of sp³-hybridized carbons (Fsp3) is 0.667. The average Bonchev–Trinajstić information content (AvgIpc) is 2.48. The van der Waals surface area contributed by atoms with E-state index in [-0.39, 0.29) is 0 Å². The molecule has 20 heavy (non-hydrogen) atoms. The molecule has 0 atom stereocenters. The smallest absolute Gasteiger partial charge is 0.0236 e. The van der Waals surface area contributed by atoms with E-state index in [2.05, 4.69) is 54.4 Å². The molecule has 0 spiro atoms. The molecule has 1 fully saturated rings. The molecule has 1 aromatic carbocycles. The van der Waals surface area contributed by atoms with Gasteiger partial charge in [0, 0.05) is 12.6 Å². The molecule has 0 radical (unpaired) electrons. The molecular formula is C18H30N2. The summed E-state index contributed by atoms with van der Waals surface area (Å²) in [5.41, 5.74) is 1.43. The zero-order valence-electron chi connectivity index (χ0n) is 13.1. The largest absolute Gasteiger partial charge is 0.317 e. The van der Waals surface area contributed by atoms with Crippen LogP contribution in [-0.4, -0.2) is 30.6 Å². The van der Waals surface area contributed by atoms with Crippen molar-refractivity contribution in [2.45, 2.75) is 52.1 Å². The Morgan fingerprint density at radius 2 is 1.85 bits per heavy atom. The number of hydrogen-bond donors (Lipinski definition) is 1. The molecule has 2 nitrogen and oxygen atoms in total. The van der Waals surface area contributed by atoms with Gasteiger partial charge in [0.15, 0.2) is 0 Å². The molecule has 1 N–H and O–H groups in total. The van der Waals surface area contributed by atoms with Crippen molar-refractivity contribution in [3.8, 4) is 0 Å². The van der Waals surface area contributed by atoms with Gasteiger partial charge in [-0.05, 0) is 70.6 Å². The van der Waals surface area contributed by atoms with Crippen LogP contribution in [-0.2, 0) is 6.54 Å². The lowest BCUT2D eigenvalue weighted by atomic mass is 9.93. The molecule has 0 aliphatic carbocycles. The number of hydrogen-bond acceptors (Lipinski definition) is 2. The third kappa shape index (κ3) is 5.26. The molecular weight excluding hydrogens is 244 g/mol. The summed E-state index contributed by atoms with van der Waals surface area (Å²) >= 11 is 0. The van der Waals surface area contributed by atoms with Crippen molar-refractivity contribution in [3.63, 3.8) is 0 Å². The fourth-order valence-electron chi connectivity index (χ4n) is 3.09. The molecule has 0 unspecified atom stereocenters. The molecule has 2 heteroatoms. The number of nitrogens with one attached hydrogen (secondary N) is 1. The highest BCUT2D eigenvalue weighted by atomic mass is 15.1. The first-order chi connectivity index (χ1) is 9.75. The summed E-state index contributed by atoms with van der Waals surface area (Å²) in [6.07, 6.45) is 5.50. The van der Waals surface area contributed by atoms with E-state index >= 15 is 0 Å². The maximum absolute atomic E-state index is 3.45. The Kier molecular flexibility index (Phi) is 6.55. The van der Waals surface area contributed by atoms with Gasteiger partial charge < -0.3 is 5.32 Å². The van der Waals surface area contributed by atoms with Crippen LogP contribution in [0.15, 0.2) is 30.3 Å². The Hall–Kier alpha value is -0.860. The van der Waals surface area contributed by atoms with Gasteiger partial charge in [0.25, 0.3) is 0 Å². The summed E-state index contributed by atoms with van der Waals surface area (Å²) in [5.74, 6) is 0.960. The minimum atomic E-state index is 0.628. The Morgan fingerprint density at radius 1 is 1.15 bits per heavy atom. The third-order valence-corrected chi connectivity index (χ3v) is 4.48. The van der Waals surface area contributed by atoms with Crippen LogP contribution in [0.25, 0.3) is 0 Å². The standard InChI is InChI=1S/C18H30N2/c1-16(2)20(15-18-7-4-3-5-8-18)14-6-9-17-10-12-19-13-11-17/h3-5,7-8,16-17,19H,6,9-15H2,1-2H3. The van der Waals surface area contributed by atoms with Crippen LogP contribution in [0.5, 0.6) is 0 Å². The lowest BCUT2D eigenvalue weighted by Gasteiger charge is -2.28. The number of nitrogens with zero attached hydrogens (tertiary/aromatic N) is 1. The van der Waals surface area contributed by atoms with Crippen LogP contribution < -0.4 is 5.32 Å².